The van der Waals surface area contributed by atoms with Gasteiger partial charge in [-0.2, -0.15) is 4.39 Å². The summed E-state index contributed by atoms with van der Waals surface area (Å²) in [6.45, 7) is 4.18. The zero-order chi connectivity index (χ0) is 27.1. The molecule has 0 unspecified atom stereocenters. The van der Waals surface area contributed by atoms with Gasteiger partial charge in [-0.15, -0.1) is 11.3 Å². The SMILES string of the molecule is Cc1nc(Oc2ccc(NS(=O)(=O)C3(C)CCC3)c(F)c2F)c(-c2ccnc(N[C@@H]3CNC[C@@H](F)C3)n2)s1. The second-order valence-electron chi connectivity index (χ2n) is 9.72. The summed E-state index contributed by atoms with van der Waals surface area (Å²) in [7, 11) is -3.90. The summed E-state index contributed by atoms with van der Waals surface area (Å²) in [5, 5.41) is 6.71. The Balaban J connectivity index is 1.37. The van der Waals surface area contributed by atoms with Crippen LogP contribution in [0.4, 0.5) is 24.8 Å². The summed E-state index contributed by atoms with van der Waals surface area (Å²) in [6.07, 6.45) is 2.55. The van der Waals surface area contributed by atoms with E-state index in [4.69, 9.17) is 4.74 Å². The highest BCUT2D eigenvalue weighted by atomic mass is 32.2. The highest BCUT2D eigenvalue weighted by Gasteiger charge is 2.45. The Labute approximate surface area is 222 Å². The molecular formula is C24H27F3N6O3S2. The quantitative estimate of drug-likeness (QED) is 0.356. The summed E-state index contributed by atoms with van der Waals surface area (Å²) in [5.74, 6) is -2.88. The number of halogens is 3. The van der Waals surface area contributed by atoms with Crippen LogP contribution >= 0.6 is 11.3 Å². The van der Waals surface area contributed by atoms with Gasteiger partial charge in [0.2, 0.25) is 27.7 Å². The van der Waals surface area contributed by atoms with E-state index < -0.39 is 44.0 Å². The number of aromatic nitrogens is 3. The normalized spacial score (nSPS) is 21.0. The number of sulfonamides is 1. The molecule has 0 radical (unpaired) electrons. The first kappa shape index (κ1) is 26.6. The summed E-state index contributed by atoms with van der Waals surface area (Å²) in [4.78, 5) is 13.4. The van der Waals surface area contributed by atoms with Crippen LogP contribution in [0.3, 0.4) is 0 Å². The monoisotopic (exact) mass is 568 g/mol. The van der Waals surface area contributed by atoms with Crippen molar-refractivity contribution in [3.05, 3.63) is 41.0 Å². The molecule has 2 fully saturated rings. The Morgan fingerprint density at radius 3 is 2.66 bits per heavy atom. The lowest BCUT2D eigenvalue weighted by atomic mass is 9.86. The van der Waals surface area contributed by atoms with E-state index in [1.165, 1.54) is 17.5 Å². The van der Waals surface area contributed by atoms with Crippen molar-refractivity contribution in [1.82, 2.24) is 20.3 Å². The van der Waals surface area contributed by atoms with Gasteiger partial charge in [-0.1, -0.05) is 6.42 Å². The predicted molar refractivity (Wildman–Crippen MR) is 139 cm³/mol. The molecule has 0 amide bonds. The van der Waals surface area contributed by atoms with Crippen molar-refractivity contribution in [2.45, 2.75) is 56.5 Å². The first-order chi connectivity index (χ1) is 18.0. The lowest BCUT2D eigenvalue weighted by Gasteiger charge is -2.37. The lowest BCUT2D eigenvalue weighted by Crippen LogP contribution is -2.45. The molecule has 0 bridgehead atoms. The number of hydrogen-bond acceptors (Lipinski definition) is 9. The fourth-order valence-electron chi connectivity index (χ4n) is 4.38. The molecule has 2 aliphatic rings. The molecule has 1 aliphatic carbocycles. The van der Waals surface area contributed by atoms with Crippen LogP contribution in [0.5, 0.6) is 11.6 Å². The number of alkyl halides is 1. The summed E-state index contributed by atoms with van der Waals surface area (Å²) in [5.41, 5.74) is -0.0560. The van der Waals surface area contributed by atoms with Gasteiger partial charge in [-0.25, -0.2) is 32.2 Å². The van der Waals surface area contributed by atoms with E-state index in [0.717, 1.165) is 18.6 Å². The summed E-state index contributed by atoms with van der Waals surface area (Å²) in [6, 6.07) is 3.70. The highest BCUT2D eigenvalue weighted by molar-refractivity contribution is 7.94. The van der Waals surface area contributed by atoms with Crippen molar-refractivity contribution in [2.75, 3.05) is 23.1 Å². The average molecular weight is 569 g/mol. The zero-order valence-corrected chi connectivity index (χ0v) is 22.4. The van der Waals surface area contributed by atoms with E-state index in [2.05, 4.69) is 30.3 Å². The number of nitrogens with one attached hydrogen (secondary N) is 3. The second-order valence-corrected chi connectivity index (χ2v) is 13.1. The number of hydrogen-bond donors (Lipinski definition) is 3. The molecule has 1 aliphatic heterocycles. The molecule has 5 rings (SSSR count). The van der Waals surface area contributed by atoms with E-state index >= 15 is 0 Å². The molecule has 0 spiro atoms. The van der Waals surface area contributed by atoms with E-state index in [-0.39, 0.29) is 17.9 Å². The summed E-state index contributed by atoms with van der Waals surface area (Å²) < 4.78 is 75.7. The summed E-state index contributed by atoms with van der Waals surface area (Å²) >= 11 is 1.24. The molecule has 204 valence electrons. The first-order valence-corrected chi connectivity index (χ1v) is 14.4. The molecule has 14 heteroatoms. The Morgan fingerprint density at radius 2 is 1.95 bits per heavy atom. The number of thiazole rings is 1. The minimum atomic E-state index is -3.90. The third-order valence-corrected chi connectivity index (χ3v) is 9.95. The average Bonchev–Trinajstić information content (AvgIpc) is 3.22. The van der Waals surface area contributed by atoms with Crippen LogP contribution in [-0.2, 0) is 10.0 Å². The standard InChI is InChI=1S/C24H27F3N6O3S2/c1-13-30-22(21(37-13)17-6-9-29-23(32-17)31-15-10-14(25)11-28-12-15)36-18-5-4-16(19(26)20(18)27)33-38(34,35)24(2)7-3-8-24/h4-6,9,14-15,28,33H,3,7-8,10-12H2,1-2H3,(H,29,31,32)/t14-,15-/m0/s1. The lowest BCUT2D eigenvalue weighted by molar-refractivity contribution is 0.254. The zero-order valence-electron chi connectivity index (χ0n) is 20.7. The Kier molecular flexibility index (Phi) is 7.22. The van der Waals surface area contributed by atoms with Crippen LogP contribution in [-0.4, -0.2) is 53.4 Å². The van der Waals surface area contributed by atoms with E-state index in [9.17, 15) is 21.6 Å². The molecule has 9 nitrogen and oxygen atoms in total. The smallest absolute Gasteiger partial charge is 0.240 e. The molecule has 3 N–H and O–H groups in total. The molecule has 1 aromatic carbocycles. The fraction of sp³-hybridized carbons (Fsp3) is 0.458. The number of piperidine rings is 1. The van der Waals surface area contributed by atoms with Gasteiger partial charge >= 0.3 is 0 Å². The van der Waals surface area contributed by atoms with Crippen molar-refractivity contribution in [2.24, 2.45) is 0 Å². The molecule has 2 atom stereocenters. The second kappa shape index (κ2) is 10.3. The Hall–Kier alpha value is -2.97. The van der Waals surface area contributed by atoms with Gasteiger partial charge in [-0.3, -0.25) is 4.72 Å². The Morgan fingerprint density at radius 1 is 1.16 bits per heavy atom. The van der Waals surface area contributed by atoms with Crippen molar-refractivity contribution in [3.63, 3.8) is 0 Å². The van der Waals surface area contributed by atoms with Gasteiger partial charge in [-0.05, 0) is 44.9 Å². The van der Waals surface area contributed by atoms with Crippen molar-refractivity contribution in [1.29, 1.82) is 0 Å². The van der Waals surface area contributed by atoms with Gasteiger partial charge in [0.1, 0.15) is 11.0 Å². The van der Waals surface area contributed by atoms with Crippen LogP contribution in [0.15, 0.2) is 24.4 Å². The Bertz CT molecular complexity index is 1450. The van der Waals surface area contributed by atoms with E-state index in [0.29, 0.717) is 47.9 Å². The number of anilines is 2. The van der Waals surface area contributed by atoms with Gasteiger partial charge < -0.3 is 15.4 Å². The van der Waals surface area contributed by atoms with Gasteiger partial charge in [0.15, 0.2) is 11.6 Å². The fourth-order valence-corrected chi connectivity index (χ4v) is 6.72. The minimum absolute atomic E-state index is 0.00825. The van der Waals surface area contributed by atoms with Crippen LogP contribution < -0.4 is 20.1 Å². The predicted octanol–water partition coefficient (Wildman–Crippen LogP) is 4.78. The van der Waals surface area contributed by atoms with Gasteiger partial charge in [0.25, 0.3) is 0 Å². The number of nitrogens with zero attached hydrogens (tertiary/aromatic N) is 3. The molecule has 1 saturated heterocycles. The van der Waals surface area contributed by atoms with Crippen molar-refractivity contribution in [3.8, 4) is 22.2 Å². The molecule has 3 heterocycles. The number of benzene rings is 1. The third kappa shape index (κ3) is 5.29. The topological polar surface area (TPSA) is 118 Å². The maximum Gasteiger partial charge on any atom is 0.240 e. The van der Waals surface area contributed by atoms with E-state index in [1.54, 1.807) is 19.9 Å². The van der Waals surface area contributed by atoms with Crippen LogP contribution in [0, 0.1) is 18.6 Å². The maximum absolute atomic E-state index is 15.0. The first-order valence-electron chi connectivity index (χ1n) is 12.1. The maximum atomic E-state index is 15.0. The van der Waals surface area contributed by atoms with Crippen LogP contribution in [0.2, 0.25) is 0 Å². The molecule has 1 saturated carbocycles. The molecule has 2 aromatic heterocycles. The molecule has 3 aromatic rings. The van der Waals surface area contributed by atoms with Crippen molar-refractivity contribution < 1.29 is 26.3 Å². The third-order valence-electron chi connectivity index (χ3n) is 6.78. The van der Waals surface area contributed by atoms with E-state index in [1.807, 2.05) is 0 Å². The number of aryl methyl sites for hydroxylation is 1. The van der Waals surface area contributed by atoms with Gasteiger partial charge in [0.05, 0.1) is 21.1 Å². The minimum Gasteiger partial charge on any atom is -0.434 e. The molecule has 38 heavy (non-hydrogen) atoms. The number of ether oxygens (including phenoxy) is 1. The van der Waals surface area contributed by atoms with Gasteiger partial charge in [0, 0.05) is 31.7 Å². The van der Waals surface area contributed by atoms with Crippen LogP contribution in [0.25, 0.3) is 10.6 Å². The van der Waals surface area contributed by atoms with Crippen LogP contribution in [0.1, 0.15) is 37.6 Å². The molecular weight excluding hydrogens is 541 g/mol. The van der Waals surface area contributed by atoms with Crippen molar-refractivity contribution >= 4 is 33.0 Å². The highest BCUT2D eigenvalue weighted by Crippen LogP contribution is 2.41. The largest absolute Gasteiger partial charge is 0.434 e. The number of rotatable bonds is 8.